The summed E-state index contributed by atoms with van der Waals surface area (Å²) in [6.07, 6.45) is 2.72. The van der Waals surface area contributed by atoms with Crippen LogP contribution in [0.1, 0.15) is 32.4 Å². The van der Waals surface area contributed by atoms with Crippen molar-refractivity contribution in [3.63, 3.8) is 0 Å². The number of hydrogen-bond acceptors (Lipinski definition) is 1. The van der Waals surface area contributed by atoms with E-state index in [1.54, 1.807) is 0 Å². The van der Waals surface area contributed by atoms with Gasteiger partial charge < -0.3 is 4.74 Å². The van der Waals surface area contributed by atoms with Crippen LogP contribution in [0.25, 0.3) is 0 Å². The average molecular weight is 242 g/mol. The van der Waals surface area contributed by atoms with Gasteiger partial charge in [-0.05, 0) is 30.2 Å². The molecule has 1 nitrogen and oxygen atoms in total. The van der Waals surface area contributed by atoms with Crippen LogP contribution in [-0.2, 0) is 4.74 Å². The van der Waals surface area contributed by atoms with Crippen LogP contribution in [0, 0.1) is 23.7 Å². The number of allylic oxidation sites excluding steroid dienone is 1. The van der Waals surface area contributed by atoms with Crippen molar-refractivity contribution >= 4 is 0 Å². The maximum Gasteiger partial charge on any atom is 0.0892 e. The summed E-state index contributed by atoms with van der Waals surface area (Å²) in [5.74, 6) is 2.64. The van der Waals surface area contributed by atoms with E-state index in [0.29, 0.717) is 17.8 Å². The van der Waals surface area contributed by atoms with Crippen LogP contribution in [0.3, 0.4) is 0 Å². The van der Waals surface area contributed by atoms with Gasteiger partial charge in [0, 0.05) is 5.92 Å². The molecule has 0 saturated carbocycles. The minimum Gasteiger partial charge on any atom is -0.373 e. The van der Waals surface area contributed by atoms with Crippen molar-refractivity contribution < 1.29 is 4.74 Å². The first-order valence-electron chi connectivity index (χ1n) is 7.03. The quantitative estimate of drug-likeness (QED) is 0.670. The molecule has 0 radical (unpaired) electrons. The molecule has 0 unspecified atom stereocenters. The van der Waals surface area contributed by atoms with Crippen LogP contribution in [0.2, 0.25) is 0 Å². The van der Waals surface area contributed by atoms with Gasteiger partial charge in [0.05, 0.1) is 12.7 Å². The third-order valence-corrected chi connectivity index (χ3v) is 4.89. The fourth-order valence-corrected chi connectivity index (χ4v) is 3.89. The van der Waals surface area contributed by atoms with E-state index >= 15 is 0 Å². The van der Waals surface area contributed by atoms with Crippen LogP contribution < -0.4 is 0 Å². The van der Waals surface area contributed by atoms with Crippen LogP contribution in [0.5, 0.6) is 0 Å². The van der Waals surface area contributed by atoms with Crippen molar-refractivity contribution in [2.75, 3.05) is 6.61 Å². The van der Waals surface area contributed by atoms with Crippen molar-refractivity contribution in [1.82, 2.24) is 0 Å². The van der Waals surface area contributed by atoms with Gasteiger partial charge in [-0.25, -0.2) is 0 Å². The zero-order valence-electron chi connectivity index (χ0n) is 11.5. The third kappa shape index (κ3) is 1.81. The molecule has 1 heterocycles. The van der Waals surface area contributed by atoms with E-state index in [1.807, 2.05) is 0 Å². The van der Waals surface area contributed by atoms with Gasteiger partial charge >= 0.3 is 0 Å². The molecule has 1 aromatic carbocycles. The Bertz CT molecular complexity index is 448. The maximum atomic E-state index is 6.20. The second-order valence-electron chi connectivity index (χ2n) is 5.98. The summed E-state index contributed by atoms with van der Waals surface area (Å²) in [4.78, 5) is 0. The Morgan fingerprint density at radius 3 is 2.56 bits per heavy atom. The lowest BCUT2D eigenvalue weighted by molar-refractivity contribution is -0.0934. The SMILES string of the molecule is CC1=C[C@H](C)[C@H]2CO[C@H](c3ccccc3)[C@@H]1[C@@H]2C. The fraction of sp³-hybridized carbons (Fsp3) is 0.529. The van der Waals surface area contributed by atoms with Crippen molar-refractivity contribution in [3.8, 4) is 0 Å². The number of rotatable bonds is 1. The molecular weight excluding hydrogens is 220 g/mol. The lowest BCUT2D eigenvalue weighted by Crippen LogP contribution is -2.42. The maximum absolute atomic E-state index is 6.20. The standard InChI is InChI=1S/C17H22O/c1-11-9-12(2)16-13(3)15(11)10-18-17(16)14-7-5-4-6-8-14/h4-9,11,13,15-17H,10H2,1-3H3/t11-,13+,15+,16-,17+/m0/s1. The molecule has 2 bridgehead atoms. The molecule has 1 aliphatic carbocycles. The molecule has 0 spiro atoms. The van der Waals surface area contributed by atoms with Gasteiger partial charge in [-0.3, -0.25) is 0 Å². The molecule has 1 fully saturated rings. The second kappa shape index (κ2) is 4.55. The van der Waals surface area contributed by atoms with Crippen molar-refractivity contribution in [3.05, 3.63) is 47.5 Å². The van der Waals surface area contributed by atoms with Gasteiger partial charge in [-0.1, -0.05) is 55.8 Å². The van der Waals surface area contributed by atoms with Gasteiger partial charge in [0.2, 0.25) is 0 Å². The Balaban J connectivity index is 1.97. The van der Waals surface area contributed by atoms with E-state index in [9.17, 15) is 0 Å². The summed E-state index contributed by atoms with van der Waals surface area (Å²) in [5, 5.41) is 0. The lowest BCUT2D eigenvalue weighted by Gasteiger charge is -2.47. The first kappa shape index (κ1) is 12.0. The zero-order chi connectivity index (χ0) is 12.7. The van der Waals surface area contributed by atoms with E-state index in [-0.39, 0.29) is 6.10 Å². The lowest BCUT2D eigenvalue weighted by atomic mass is 9.65. The zero-order valence-corrected chi connectivity index (χ0v) is 11.5. The van der Waals surface area contributed by atoms with Crippen LogP contribution in [0.4, 0.5) is 0 Å². The molecular formula is C17H22O. The van der Waals surface area contributed by atoms with Crippen LogP contribution in [-0.4, -0.2) is 6.61 Å². The predicted molar refractivity (Wildman–Crippen MR) is 74.2 cm³/mol. The van der Waals surface area contributed by atoms with Gasteiger partial charge in [-0.2, -0.15) is 0 Å². The summed E-state index contributed by atoms with van der Waals surface area (Å²) in [5.41, 5.74) is 2.84. The van der Waals surface area contributed by atoms with Crippen LogP contribution in [0.15, 0.2) is 42.0 Å². The number of benzene rings is 1. The molecule has 5 atom stereocenters. The summed E-state index contributed by atoms with van der Waals surface area (Å²) in [6.45, 7) is 7.91. The highest BCUT2D eigenvalue weighted by Gasteiger charge is 2.43. The second-order valence-corrected chi connectivity index (χ2v) is 5.98. The highest BCUT2D eigenvalue weighted by Crippen LogP contribution is 2.49. The minimum atomic E-state index is 0.251. The molecule has 18 heavy (non-hydrogen) atoms. The first-order valence-corrected chi connectivity index (χ1v) is 7.03. The van der Waals surface area contributed by atoms with Crippen molar-refractivity contribution in [2.45, 2.75) is 26.9 Å². The molecule has 1 heteroatoms. The largest absolute Gasteiger partial charge is 0.373 e. The Morgan fingerprint density at radius 2 is 1.83 bits per heavy atom. The molecule has 3 rings (SSSR count). The molecule has 96 valence electrons. The molecule has 2 aliphatic rings. The van der Waals surface area contributed by atoms with E-state index < -0.39 is 0 Å². The number of hydrogen-bond donors (Lipinski definition) is 0. The fourth-order valence-electron chi connectivity index (χ4n) is 3.89. The van der Waals surface area contributed by atoms with Gasteiger partial charge in [0.25, 0.3) is 0 Å². The first-order chi connectivity index (χ1) is 8.68. The summed E-state index contributed by atoms with van der Waals surface area (Å²) in [7, 11) is 0. The highest BCUT2D eigenvalue weighted by molar-refractivity contribution is 5.25. The van der Waals surface area contributed by atoms with Crippen molar-refractivity contribution in [1.29, 1.82) is 0 Å². The molecule has 1 saturated heterocycles. The predicted octanol–water partition coefficient (Wildman–Crippen LogP) is 4.22. The van der Waals surface area contributed by atoms with Crippen LogP contribution >= 0.6 is 0 Å². The Hall–Kier alpha value is -1.08. The Labute approximate surface area is 110 Å². The monoisotopic (exact) mass is 242 g/mol. The molecule has 0 amide bonds. The normalized spacial score (nSPS) is 39.3. The van der Waals surface area contributed by atoms with E-state index in [1.165, 1.54) is 11.1 Å². The summed E-state index contributed by atoms with van der Waals surface area (Å²) >= 11 is 0. The highest BCUT2D eigenvalue weighted by atomic mass is 16.5. The minimum absolute atomic E-state index is 0.251. The van der Waals surface area contributed by atoms with E-state index in [0.717, 1.165) is 12.5 Å². The third-order valence-electron chi connectivity index (χ3n) is 4.89. The number of fused-ring (bicyclic) bond motifs is 2. The van der Waals surface area contributed by atoms with Gasteiger partial charge in [-0.15, -0.1) is 0 Å². The Kier molecular flexibility index (Phi) is 3.03. The van der Waals surface area contributed by atoms with E-state index in [4.69, 9.17) is 4.74 Å². The van der Waals surface area contributed by atoms with Gasteiger partial charge in [0.15, 0.2) is 0 Å². The number of ether oxygens (including phenoxy) is 1. The molecule has 1 aliphatic heterocycles. The van der Waals surface area contributed by atoms with Gasteiger partial charge in [0.1, 0.15) is 0 Å². The topological polar surface area (TPSA) is 9.23 Å². The smallest absolute Gasteiger partial charge is 0.0892 e. The summed E-state index contributed by atoms with van der Waals surface area (Å²) < 4.78 is 6.20. The molecule has 0 N–H and O–H groups in total. The average Bonchev–Trinajstić information content (AvgIpc) is 2.37. The van der Waals surface area contributed by atoms with E-state index in [2.05, 4.69) is 57.2 Å². The molecule has 1 aromatic rings. The Morgan fingerprint density at radius 1 is 1.11 bits per heavy atom. The van der Waals surface area contributed by atoms with Crippen molar-refractivity contribution in [2.24, 2.45) is 23.7 Å². The summed E-state index contributed by atoms with van der Waals surface area (Å²) in [6, 6.07) is 10.7. The molecule has 0 aromatic heterocycles.